The molecule has 0 aliphatic rings. The Morgan fingerprint density at radius 1 is 1.29 bits per heavy atom. The van der Waals surface area contributed by atoms with Crippen LogP contribution in [-0.4, -0.2) is 19.2 Å². The fraction of sp³-hybridized carbons (Fsp3) is 0.462. The Balaban J connectivity index is 2.34. The van der Waals surface area contributed by atoms with Gasteiger partial charge in [-0.15, -0.1) is 0 Å². The molecule has 0 bridgehead atoms. The summed E-state index contributed by atoms with van der Waals surface area (Å²) in [5, 5.41) is 7.40. The van der Waals surface area contributed by atoms with Crippen molar-refractivity contribution in [1.29, 1.82) is 5.41 Å². The van der Waals surface area contributed by atoms with Gasteiger partial charge in [-0.1, -0.05) is 31.9 Å². The van der Waals surface area contributed by atoms with E-state index in [0.717, 1.165) is 6.42 Å². The van der Waals surface area contributed by atoms with Gasteiger partial charge in [0, 0.05) is 0 Å². The van der Waals surface area contributed by atoms with E-state index in [-0.39, 0.29) is 12.6 Å². The second-order valence-corrected chi connectivity index (χ2v) is 3.79. The van der Waals surface area contributed by atoms with E-state index in [4.69, 9.17) is 20.6 Å². The van der Waals surface area contributed by atoms with Gasteiger partial charge in [-0.25, -0.2) is 0 Å². The lowest BCUT2D eigenvalue weighted by atomic mass is 10.2. The van der Waals surface area contributed by atoms with Crippen molar-refractivity contribution in [3.8, 4) is 5.75 Å². The Labute approximate surface area is 102 Å². The summed E-state index contributed by atoms with van der Waals surface area (Å²) in [6.07, 6.45) is 3.40. The molecule has 0 saturated heterocycles. The molecule has 0 heterocycles. The number of ether oxygens (including phenoxy) is 2. The van der Waals surface area contributed by atoms with Gasteiger partial charge in [-0.05, 0) is 18.6 Å². The summed E-state index contributed by atoms with van der Waals surface area (Å²) in [5.74, 6) is 0.599. The van der Waals surface area contributed by atoms with Gasteiger partial charge in [0.25, 0.3) is 0 Å². The fourth-order valence-electron chi connectivity index (χ4n) is 1.43. The molecule has 0 spiro atoms. The molecule has 0 amide bonds. The number of unbranched alkanes of at least 4 members (excludes halogenated alkanes) is 2. The Morgan fingerprint density at radius 2 is 2.06 bits per heavy atom. The Kier molecular flexibility index (Phi) is 6.10. The quantitative estimate of drug-likeness (QED) is 0.315. The Morgan fingerprint density at radius 3 is 2.76 bits per heavy atom. The van der Waals surface area contributed by atoms with Gasteiger partial charge < -0.3 is 15.2 Å². The van der Waals surface area contributed by atoms with Gasteiger partial charge in [0.15, 0.2) is 6.79 Å². The summed E-state index contributed by atoms with van der Waals surface area (Å²) in [6.45, 7) is 3.06. The summed E-state index contributed by atoms with van der Waals surface area (Å²) in [6, 6.07) is 7.21. The highest BCUT2D eigenvalue weighted by Crippen LogP contribution is 2.16. The lowest BCUT2D eigenvalue weighted by molar-refractivity contribution is 0.0135. The van der Waals surface area contributed by atoms with Crippen LogP contribution in [0.5, 0.6) is 5.75 Å². The zero-order chi connectivity index (χ0) is 12.5. The molecule has 1 aromatic rings. The second kappa shape index (κ2) is 7.68. The zero-order valence-corrected chi connectivity index (χ0v) is 10.2. The van der Waals surface area contributed by atoms with Crippen LogP contribution in [-0.2, 0) is 4.74 Å². The highest BCUT2D eigenvalue weighted by atomic mass is 16.7. The number of rotatable bonds is 8. The smallest absolute Gasteiger partial charge is 0.189 e. The van der Waals surface area contributed by atoms with Crippen molar-refractivity contribution in [3.63, 3.8) is 0 Å². The molecule has 94 valence electrons. The van der Waals surface area contributed by atoms with Crippen molar-refractivity contribution in [2.75, 3.05) is 13.4 Å². The number of para-hydroxylation sites is 1. The number of hydrogen-bond donors (Lipinski definition) is 2. The molecule has 0 saturated carbocycles. The molecular weight excluding hydrogens is 216 g/mol. The van der Waals surface area contributed by atoms with E-state index in [1.807, 2.05) is 12.1 Å². The third-order valence-electron chi connectivity index (χ3n) is 2.37. The summed E-state index contributed by atoms with van der Waals surface area (Å²) < 4.78 is 10.8. The largest absolute Gasteiger partial charge is 0.467 e. The molecule has 1 rings (SSSR count). The molecule has 1 aromatic carbocycles. The van der Waals surface area contributed by atoms with Crippen molar-refractivity contribution in [2.45, 2.75) is 26.2 Å². The second-order valence-electron chi connectivity index (χ2n) is 3.79. The molecule has 0 unspecified atom stereocenters. The molecule has 3 N–H and O–H groups in total. The number of nitrogen functional groups attached to an aromatic ring is 1. The average Bonchev–Trinajstić information content (AvgIpc) is 2.34. The molecule has 0 fully saturated rings. The molecule has 17 heavy (non-hydrogen) atoms. The number of amidine groups is 1. The maximum absolute atomic E-state index is 7.40. The molecule has 0 aliphatic carbocycles. The van der Waals surface area contributed by atoms with Crippen LogP contribution in [0.25, 0.3) is 0 Å². The number of hydrogen-bond acceptors (Lipinski definition) is 3. The van der Waals surface area contributed by atoms with Crippen LogP contribution in [0.15, 0.2) is 24.3 Å². The molecular formula is C13H20N2O2. The number of nitrogens with two attached hydrogens (primary N) is 1. The van der Waals surface area contributed by atoms with E-state index < -0.39 is 0 Å². The van der Waals surface area contributed by atoms with Crippen LogP contribution in [0.2, 0.25) is 0 Å². The maximum atomic E-state index is 7.40. The lowest BCUT2D eigenvalue weighted by Gasteiger charge is -2.10. The maximum Gasteiger partial charge on any atom is 0.189 e. The SMILES string of the molecule is CCCCCOCOc1ccccc1C(=N)N. The molecule has 0 aromatic heterocycles. The minimum Gasteiger partial charge on any atom is -0.467 e. The van der Waals surface area contributed by atoms with E-state index in [9.17, 15) is 0 Å². The minimum atomic E-state index is 0.00610. The molecule has 4 nitrogen and oxygen atoms in total. The third kappa shape index (κ3) is 4.87. The van der Waals surface area contributed by atoms with Crippen molar-refractivity contribution in [1.82, 2.24) is 0 Å². The first-order valence-corrected chi connectivity index (χ1v) is 5.89. The monoisotopic (exact) mass is 236 g/mol. The Hall–Kier alpha value is -1.55. The van der Waals surface area contributed by atoms with Crippen molar-refractivity contribution in [3.05, 3.63) is 29.8 Å². The van der Waals surface area contributed by atoms with Gasteiger partial charge in [0.2, 0.25) is 0 Å². The van der Waals surface area contributed by atoms with Crippen molar-refractivity contribution < 1.29 is 9.47 Å². The number of benzene rings is 1. The van der Waals surface area contributed by atoms with Crippen LogP contribution in [0.4, 0.5) is 0 Å². The summed E-state index contributed by atoms with van der Waals surface area (Å²) >= 11 is 0. The lowest BCUT2D eigenvalue weighted by Crippen LogP contribution is -2.14. The predicted octanol–water partition coefficient (Wildman–Crippen LogP) is 2.51. The van der Waals surface area contributed by atoms with Gasteiger partial charge in [-0.2, -0.15) is 0 Å². The highest BCUT2D eigenvalue weighted by molar-refractivity contribution is 5.97. The molecule has 0 atom stereocenters. The van der Waals surface area contributed by atoms with E-state index in [2.05, 4.69) is 6.92 Å². The fourth-order valence-corrected chi connectivity index (χ4v) is 1.43. The van der Waals surface area contributed by atoms with E-state index >= 15 is 0 Å². The standard InChI is InChI=1S/C13H20N2O2/c1-2-3-6-9-16-10-17-12-8-5-4-7-11(12)13(14)15/h4-5,7-8H,2-3,6,9-10H2,1H3,(H3,14,15). The van der Waals surface area contributed by atoms with E-state index in [1.54, 1.807) is 12.1 Å². The molecule has 0 radical (unpaired) electrons. The summed E-state index contributed by atoms with van der Waals surface area (Å²) in [4.78, 5) is 0. The van der Waals surface area contributed by atoms with Crippen LogP contribution in [0, 0.1) is 5.41 Å². The molecule has 4 heteroatoms. The third-order valence-corrected chi connectivity index (χ3v) is 2.37. The van der Waals surface area contributed by atoms with E-state index in [0.29, 0.717) is 17.9 Å². The van der Waals surface area contributed by atoms with Gasteiger partial charge in [0.1, 0.15) is 11.6 Å². The van der Waals surface area contributed by atoms with Gasteiger partial charge >= 0.3 is 0 Å². The van der Waals surface area contributed by atoms with Crippen LogP contribution >= 0.6 is 0 Å². The summed E-state index contributed by atoms with van der Waals surface area (Å²) in [5.41, 5.74) is 6.05. The molecule has 0 aliphatic heterocycles. The predicted molar refractivity (Wildman–Crippen MR) is 68.4 cm³/mol. The highest BCUT2D eigenvalue weighted by Gasteiger charge is 2.04. The van der Waals surface area contributed by atoms with Gasteiger partial charge in [-0.3, -0.25) is 5.41 Å². The van der Waals surface area contributed by atoms with Crippen molar-refractivity contribution in [2.24, 2.45) is 5.73 Å². The first kappa shape index (κ1) is 13.5. The Bertz CT molecular complexity index is 353. The van der Waals surface area contributed by atoms with E-state index in [1.165, 1.54) is 12.8 Å². The van der Waals surface area contributed by atoms with Crippen molar-refractivity contribution >= 4 is 5.84 Å². The minimum absolute atomic E-state index is 0.00610. The first-order valence-electron chi connectivity index (χ1n) is 5.89. The first-order chi connectivity index (χ1) is 8.25. The summed E-state index contributed by atoms with van der Waals surface area (Å²) in [7, 11) is 0. The van der Waals surface area contributed by atoms with Crippen LogP contribution in [0.1, 0.15) is 31.7 Å². The zero-order valence-electron chi connectivity index (χ0n) is 10.2. The normalized spacial score (nSPS) is 10.2. The van der Waals surface area contributed by atoms with Crippen LogP contribution in [0.3, 0.4) is 0 Å². The average molecular weight is 236 g/mol. The van der Waals surface area contributed by atoms with Gasteiger partial charge in [0.05, 0.1) is 12.2 Å². The number of nitrogens with one attached hydrogen (secondary N) is 1. The van der Waals surface area contributed by atoms with Crippen LogP contribution < -0.4 is 10.5 Å². The topological polar surface area (TPSA) is 68.3 Å².